The van der Waals surface area contributed by atoms with Gasteiger partial charge in [-0.2, -0.15) is 0 Å². The first-order valence-electron chi connectivity index (χ1n) is 14.1. The minimum absolute atomic E-state index is 0.0771. The summed E-state index contributed by atoms with van der Waals surface area (Å²) >= 11 is 1.43. The van der Waals surface area contributed by atoms with Gasteiger partial charge in [-0.15, -0.1) is 0 Å². The van der Waals surface area contributed by atoms with E-state index in [0.717, 1.165) is 21.6 Å². The average Bonchev–Trinajstić information content (AvgIpc) is 3.05. The van der Waals surface area contributed by atoms with Crippen molar-refractivity contribution in [2.24, 2.45) is 5.11 Å². The molecule has 1 aliphatic heterocycles. The zero-order chi connectivity index (χ0) is 29.9. The molecule has 5 atom stereocenters. The minimum Gasteiger partial charge on any atom is -0.459 e. The third kappa shape index (κ3) is 8.47. The van der Waals surface area contributed by atoms with E-state index in [1.54, 1.807) is 24.3 Å². The average molecular weight is 596 g/mol. The molecule has 0 aromatic heterocycles. The number of carbonyl (C=O) groups is 1. The second-order valence-electron chi connectivity index (χ2n) is 10.2. The molecule has 0 saturated carbocycles. The van der Waals surface area contributed by atoms with Crippen LogP contribution < -0.4 is 0 Å². The Morgan fingerprint density at radius 1 is 0.814 bits per heavy atom. The van der Waals surface area contributed by atoms with Gasteiger partial charge < -0.3 is 18.9 Å². The number of carbonyl (C=O) groups excluding carboxylic acids is 1. The number of aryl methyl sites for hydroxylation is 1. The molecule has 4 aromatic rings. The van der Waals surface area contributed by atoms with Crippen LogP contribution in [0.25, 0.3) is 10.4 Å². The fraction of sp³-hybridized carbons (Fsp3) is 0.265. The fourth-order valence-corrected chi connectivity index (χ4v) is 5.91. The molecule has 0 amide bonds. The van der Waals surface area contributed by atoms with Crippen LogP contribution >= 0.6 is 11.8 Å². The maximum atomic E-state index is 12.9. The molecule has 5 rings (SSSR count). The highest BCUT2D eigenvalue weighted by Gasteiger charge is 2.48. The van der Waals surface area contributed by atoms with E-state index in [1.165, 1.54) is 11.8 Å². The Morgan fingerprint density at radius 2 is 1.37 bits per heavy atom. The van der Waals surface area contributed by atoms with Crippen LogP contribution in [0.4, 0.5) is 0 Å². The monoisotopic (exact) mass is 595 g/mol. The highest BCUT2D eigenvalue weighted by Crippen LogP contribution is 2.38. The van der Waals surface area contributed by atoms with Gasteiger partial charge in [0.05, 0.1) is 24.9 Å². The number of esters is 1. The van der Waals surface area contributed by atoms with E-state index in [9.17, 15) is 10.3 Å². The molecule has 0 spiro atoms. The number of thioether (sulfide) groups is 1. The summed E-state index contributed by atoms with van der Waals surface area (Å²) in [6.45, 7) is 2.48. The molecule has 220 valence electrons. The molecule has 0 bridgehead atoms. The number of rotatable bonds is 12. The van der Waals surface area contributed by atoms with Gasteiger partial charge in [-0.3, -0.25) is 0 Å². The van der Waals surface area contributed by atoms with Crippen molar-refractivity contribution in [3.8, 4) is 0 Å². The number of ether oxygens (including phenoxy) is 4. The largest absolute Gasteiger partial charge is 0.459 e. The first kappa shape index (κ1) is 30.4. The summed E-state index contributed by atoms with van der Waals surface area (Å²) in [5.74, 6) is -0.465. The van der Waals surface area contributed by atoms with Gasteiger partial charge in [-0.1, -0.05) is 113 Å². The topological polar surface area (TPSA) is 103 Å². The molecule has 0 radical (unpaired) electrons. The fourth-order valence-electron chi connectivity index (χ4n) is 4.80. The SMILES string of the molecule is Cc1ccc(S[C@@H]2O[C@H](COC(=O)c3ccccc3)[C@@H](OCc3ccccc3)[C@H](OCc3ccccc3)[C@H]2N=[N+]=[N-])cc1. The van der Waals surface area contributed by atoms with Crippen LogP contribution in [0.1, 0.15) is 27.0 Å². The van der Waals surface area contributed by atoms with Gasteiger partial charge in [-0.05, 0) is 47.8 Å². The van der Waals surface area contributed by atoms with Crippen LogP contribution in [-0.2, 0) is 32.2 Å². The quantitative estimate of drug-likeness (QED) is 0.0726. The van der Waals surface area contributed by atoms with Crippen molar-refractivity contribution < 1.29 is 23.7 Å². The summed E-state index contributed by atoms with van der Waals surface area (Å²) in [4.78, 5) is 17.0. The Kier molecular flexibility index (Phi) is 10.9. The highest BCUT2D eigenvalue weighted by atomic mass is 32.2. The van der Waals surface area contributed by atoms with Crippen LogP contribution in [-0.4, -0.2) is 42.4 Å². The molecule has 4 aromatic carbocycles. The van der Waals surface area contributed by atoms with Gasteiger partial charge in [-0.25, -0.2) is 4.79 Å². The van der Waals surface area contributed by atoms with Crippen LogP contribution in [0.15, 0.2) is 125 Å². The molecule has 1 aliphatic rings. The molecule has 8 nitrogen and oxygen atoms in total. The predicted octanol–water partition coefficient (Wildman–Crippen LogP) is 7.52. The lowest BCUT2D eigenvalue weighted by molar-refractivity contribution is -0.206. The number of azide groups is 1. The summed E-state index contributed by atoms with van der Waals surface area (Å²) in [6.07, 6.45) is -2.11. The lowest BCUT2D eigenvalue weighted by Crippen LogP contribution is -2.59. The zero-order valence-corrected chi connectivity index (χ0v) is 24.6. The molecule has 0 unspecified atom stereocenters. The molecule has 0 N–H and O–H groups in total. The normalized spacial score (nSPS) is 21.5. The van der Waals surface area contributed by atoms with Crippen LogP contribution in [0.3, 0.4) is 0 Å². The summed E-state index contributed by atoms with van der Waals surface area (Å²) in [7, 11) is 0. The Balaban J connectivity index is 1.46. The van der Waals surface area contributed by atoms with Gasteiger partial charge in [0, 0.05) is 9.81 Å². The second-order valence-corrected chi connectivity index (χ2v) is 11.3. The lowest BCUT2D eigenvalue weighted by Gasteiger charge is -2.44. The molecule has 9 heteroatoms. The third-order valence-electron chi connectivity index (χ3n) is 7.03. The molecule has 0 aliphatic carbocycles. The lowest BCUT2D eigenvalue weighted by atomic mass is 9.97. The second kappa shape index (κ2) is 15.4. The van der Waals surface area contributed by atoms with Gasteiger partial charge in [0.25, 0.3) is 0 Å². The van der Waals surface area contributed by atoms with Crippen molar-refractivity contribution in [2.45, 2.75) is 54.8 Å². The Labute approximate surface area is 255 Å². The van der Waals surface area contributed by atoms with Crippen LogP contribution in [0.2, 0.25) is 0 Å². The predicted molar refractivity (Wildman–Crippen MR) is 165 cm³/mol. The van der Waals surface area contributed by atoms with E-state index in [4.69, 9.17) is 18.9 Å². The molecule has 1 saturated heterocycles. The van der Waals surface area contributed by atoms with E-state index >= 15 is 0 Å². The Morgan fingerprint density at radius 3 is 1.95 bits per heavy atom. The van der Waals surface area contributed by atoms with E-state index in [-0.39, 0.29) is 19.8 Å². The van der Waals surface area contributed by atoms with Crippen molar-refractivity contribution in [1.29, 1.82) is 0 Å². The molecular weight excluding hydrogens is 562 g/mol. The Hall–Kier alpha value is -4.11. The summed E-state index contributed by atoms with van der Waals surface area (Å²) in [5, 5.41) is 4.18. The van der Waals surface area contributed by atoms with Crippen molar-refractivity contribution in [3.63, 3.8) is 0 Å². The molecule has 1 fully saturated rings. The summed E-state index contributed by atoms with van der Waals surface area (Å²) < 4.78 is 25.3. The molecule has 1 heterocycles. The van der Waals surface area contributed by atoms with Gasteiger partial charge in [0.1, 0.15) is 30.3 Å². The molecular formula is C34H33N3O5S. The van der Waals surface area contributed by atoms with Crippen molar-refractivity contribution in [2.75, 3.05) is 6.61 Å². The smallest absolute Gasteiger partial charge is 0.338 e. The van der Waals surface area contributed by atoms with Gasteiger partial charge in [0.15, 0.2) is 0 Å². The van der Waals surface area contributed by atoms with Crippen LogP contribution in [0, 0.1) is 6.92 Å². The first-order valence-corrected chi connectivity index (χ1v) is 14.9. The maximum absolute atomic E-state index is 12.9. The van der Waals surface area contributed by atoms with Crippen molar-refractivity contribution >= 4 is 17.7 Å². The van der Waals surface area contributed by atoms with Crippen molar-refractivity contribution in [3.05, 3.63) is 148 Å². The van der Waals surface area contributed by atoms with Crippen molar-refractivity contribution in [1.82, 2.24) is 0 Å². The van der Waals surface area contributed by atoms with E-state index in [0.29, 0.717) is 5.56 Å². The summed E-state index contributed by atoms with van der Waals surface area (Å²) in [6, 6.07) is 35.6. The maximum Gasteiger partial charge on any atom is 0.338 e. The number of hydrogen-bond donors (Lipinski definition) is 0. The standard InChI is InChI=1S/C34H33N3O5S/c1-24-17-19-28(20-18-24)43-34-30(36-37-35)32(40-22-26-13-7-3-8-14-26)31(39-21-25-11-5-2-6-12-25)29(42-34)23-41-33(38)27-15-9-4-10-16-27/h2-20,29-32,34H,21-23H2,1H3/t29-,30-,31-,32-,34+/m1/s1. The van der Waals surface area contributed by atoms with Crippen LogP contribution in [0.5, 0.6) is 0 Å². The van der Waals surface area contributed by atoms with Gasteiger partial charge in [0.2, 0.25) is 0 Å². The number of nitrogens with zero attached hydrogens (tertiary/aromatic N) is 3. The van der Waals surface area contributed by atoms with Gasteiger partial charge >= 0.3 is 5.97 Å². The molecule has 43 heavy (non-hydrogen) atoms. The zero-order valence-electron chi connectivity index (χ0n) is 23.8. The van der Waals surface area contributed by atoms with E-state index in [2.05, 4.69) is 10.0 Å². The van der Waals surface area contributed by atoms with E-state index in [1.807, 2.05) is 97.9 Å². The van der Waals surface area contributed by atoms with E-state index < -0.39 is 35.8 Å². The third-order valence-corrected chi connectivity index (χ3v) is 8.20. The summed E-state index contributed by atoms with van der Waals surface area (Å²) in [5.41, 5.74) is 12.5. The highest BCUT2D eigenvalue weighted by molar-refractivity contribution is 7.99. The number of benzene rings is 4. The number of hydrogen-bond acceptors (Lipinski definition) is 7. The minimum atomic E-state index is -0.734. The Bertz CT molecular complexity index is 1490. The first-order chi connectivity index (χ1) is 21.1.